The van der Waals surface area contributed by atoms with Crippen LogP contribution in [-0.2, 0) is 29.0 Å². The van der Waals surface area contributed by atoms with Crippen LogP contribution in [0, 0.1) is 0 Å². The van der Waals surface area contributed by atoms with E-state index in [1.807, 2.05) is 24.4 Å². The van der Waals surface area contributed by atoms with E-state index in [9.17, 15) is 4.79 Å². The number of nitrogens with zero attached hydrogens (tertiary/aromatic N) is 2. The summed E-state index contributed by atoms with van der Waals surface area (Å²) in [7, 11) is 0. The Morgan fingerprint density at radius 2 is 2.17 bits per heavy atom. The van der Waals surface area contributed by atoms with Crippen LogP contribution in [0.5, 0.6) is 0 Å². The van der Waals surface area contributed by atoms with Gasteiger partial charge in [-0.05, 0) is 24.8 Å². The number of aryl methyl sites for hydroxylation is 2. The van der Waals surface area contributed by atoms with Crippen molar-refractivity contribution in [3.63, 3.8) is 0 Å². The van der Waals surface area contributed by atoms with E-state index < -0.39 is 0 Å². The summed E-state index contributed by atoms with van der Waals surface area (Å²) >= 11 is 0. The second-order valence-corrected chi connectivity index (χ2v) is 6.05. The molecule has 1 amide bonds. The summed E-state index contributed by atoms with van der Waals surface area (Å²) in [5.41, 5.74) is 6.86. The monoisotopic (exact) mass is 328 g/mol. The molecule has 3 rings (SSSR count). The van der Waals surface area contributed by atoms with E-state index >= 15 is 0 Å². The lowest BCUT2D eigenvalue weighted by Gasteiger charge is -2.13. The SMILES string of the molecule is NC[C@H]1CC[C@@H](C(=O)NCc2nccn2CCc2ccccc2)O1. The lowest BCUT2D eigenvalue weighted by molar-refractivity contribution is -0.132. The largest absolute Gasteiger partial charge is 0.364 e. The summed E-state index contributed by atoms with van der Waals surface area (Å²) in [6.45, 7) is 1.71. The second kappa shape index (κ2) is 8.08. The first-order chi connectivity index (χ1) is 11.8. The second-order valence-electron chi connectivity index (χ2n) is 6.05. The molecule has 128 valence electrons. The molecule has 1 aromatic heterocycles. The average Bonchev–Trinajstić information content (AvgIpc) is 3.28. The van der Waals surface area contributed by atoms with Crippen molar-refractivity contribution in [1.29, 1.82) is 0 Å². The summed E-state index contributed by atoms with van der Waals surface area (Å²) in [6, 6.07) is 10.3. The van der Waals surface area contributed by atoms with Crippen molar-refractivity contribution >= 4 is 5.91 Å². The van der Waals surface area contributed by atoms with E-state index in [-0.39, 0.29) is 18.1 Å². The van der Waals surface area contributed by atoms with Gasteiger partial charge in [0, 0.05) is 25.5 Å². The third-order valence-corrected chi connectivity index (χ3v) is 4.37. The molecular weight excluding hydrogens is 304 g/mol. The van der Waals surface area contributed by atoms with Gasteiger partial charge >= 0.3 is 0 Å². The topological polar surface area (TPSA) is 82.2 Å². The maximum atomic E-state index is 12.2. The van der Waals surface area contributed by atoms with Gasteiger partial charge in [0.05, 0.1) is 12.6 Å². The van der Waals surface area contributed by atoms with Crippen LogP contribution in [0.15, 0.2) is 42.7 Å². The Bertz CT molecular complexity index is 656. The first kappa shape index (κ1) is 16.7. The molecule has 0 radical (unpaired) electrons. The van der Waals surface area contributed by atoms with Crippen LogP contribution >= 0.6 is 0 Å². The summed E-state index contributed by atoms with van der Waals surface area (Å²) in [5.74, 6) is 0.774. The highest BCUT2D eigenvalue weighted by Gasteiger charge is 2.29. The number of aromatic nitrogens is 2. The Morgan fingerprint density at radius 1 is 1.33 bits per heavy atom. The fourth-order valence-corrected chi connectivity index (χ4v) is 2.96. The Hall–Kier alpha value is -2.18. The first-order valence-corrected chi connectivity index (χ1v) is 8.43. The number of imidazole rings is 1. The Morgan fingerprint density at radius 3 is 2.92 bits per heavy atom. The van der Waals surface area contributed by atoms with E-state index in [0.29, 0.717) is 13.1 Å². The third kappa shape index (κ3) is 4.21. The van der Waals surface area contributed by atoms with Gasteiger partial charge in [-0.15, -0.1) is 0 Å². The molecule has 0 bridgehead atoms. The predicted octanol–water partition coefficient (Wildman–Crippen LogP) is 1.25. The molecule has 1 fully saturated rings. The molecule has 0 unspecified atom stereocenters. The summed E-state index contributed by atoms with van der Waals surface area (Å²) in [5, 5.41) is 2.92. The van der Waals surface area contributed by atoms with Gasteiger partial charge in [-0.25, -0.2) is 4.98 Å². The number of hydrogen-bond donors (Lipinski definition) is 2. The van der Waals surface area contributed by atoms with E-state index in [1.54, 1.807) is 6.20 Å². The van der Waals surface area contributed by atoms with Crippen molar-refractivity contribution in [2.75, 3.05) is 6.54 Å². The zero-order valence-corrected chi connectivity index (χ0v) is 13.7. The number of carbonyl (C=O) groups is 1. The standard InChI is InChI=1S/C18H24N4O2/c19-12-15-6-7-16(24-15)18(23)21-13-17-20-9-11-22(17)10-8-14-4-2-1-3-5-14/h1-5,9,11,15-16H,6-8,10,12-13,19H2,(H,21,23)/t15-,16+/m1/s1. The molecule has 6 nitrogen and oxygen atoms in total. The molecule has 0 aliphatic carbocycles. The van der Waals surface area contributed by atoms with Gasteiger partial charge in [-0.3, -0.25) is 4.79 Å². The summed E-state index contributed by atoms with van der Waals surface area (Å²) < 4.78 is 7.69. The first-order valence-electron chi connectivity index (χ1n) is 8.43. The Kier molecular flexibility index (Phi) is 5.61. The Labute approximate surface area is 142 Å². The van der Waals surface area contributed by atoms with E-state index in [0.717, 1.165) is 31.6 Å². The fraction of sp³-hybridized carbons (Fsp3) is 0.444. The average molecular weight is 328 g/mol. The molecular formula is C18H24N4O2. The smallest absolute Gasteiger partial charge is 0.249 e. The normalized spacial score (nSPS) is 20.2. The number of rotatable bonds is 7. The molecule has 1 saturated heterocycles. The van der Waals surface area contributed by atoms with Crippen LogP contribution in [0.1, 0.15) is 24.2 Å². The fourth-order valence-electron chi connectivity index (χ4n) is 2.96. The maximum Gasteiger partial charge on any atom is 0.249 e. The Balaban J connectivity index is 1.49. The third-order valence-electron chi connectivity index (χ3n) is 4.37. The lowest BCUT2D eigenvalue weighted by atomic mass is 10.1. The van der Waals surface area contributed by atoms with Crippen molar-refractivity contribution in [1.82, 2.24) is 14.9 Å². The van der Waals surface area contributed by atoms with Crippen molar-refractivity contribution in [3.05, 3.63) is 54.1 Å². The van der Waals surface area contributed by atoms with Crippen molar-refractivity contribution < 1.29 is 9.53 Å². The van der Waals surface area contributed by atoms with Gasteiger partial charge in [-0.2, -0.15) is 0 Å². The highest BCUT2D eigenvalue weighted by molar-refractivity contribution is 5.80. The molecule has 1 aromatic carbocycles. The number of amides is 1. The molecule has 2 atom stereocenters. The minimum Gasteiger partial charge on any atom is -0.364 e. The molecule has 1 aliphatic heterocycles. The van der Waals surface area contributed by atoms with Gasteiger partial charge in [0.15, 0.2) is 0 Å². The van der Waals surface area contributed by atoms with Crippen LogP contribution in [0.2, 0.25) is 0 Å². The molecule has 2 aromatic rings. The van der Waals surface area contributed by atoms with Crippen LogP contribution in [0.25, 0.3) is 0 Å². The number of carbonyl (C=O) groups excluding carboxylic acids is 1. The van der Waals surface area contributed by atoms with E-state index in [4.69, 9.17) is 10.5 Å². The van der Waals surface area contributed by atoms with Gasteiger partial charge in [0.1, 0.15) is 11.9 Å². The molecule has 3 N–H and O–H groups in total. The van der Waals surface area contributed by atoms with Crippen molar-refractivity contribution in [3.8, 4) is 0 Å². The van der Waals surface area contributed by atoms with Crippen LogP contribution in [-0.4, -0.2) is 34.2 Å². The zero-order chi connectivity index (χ0) is 16.8. The molecule has 24 heavy (non-hydrogen) atoms. The highest BCUT2D eigenvalue weighted by Crippen LogP contribution is 2.18. The molecule has 0 spiro atoms. The van der Waals surface area contributed by atoms with Gasteiger partial charge in [0.25, 0.3) is 0 Å². The summed E-state index contributed by atoms with van der Waals surface area (Å²) in [4.78, 5) is 16.5. The molecule has 6 heteroatoms. The maximum absolute atomic E-state index is 12.2. The minimum absolute atomic E-state index is 0.00797. The molecule has 1 aliphatic rings. The quantitative estimate of drug-likeness (QED) is 0.801. The number of nitrogens with one attached hydrogen (secondary N) is 1. The number of ether oxygens (including phenoxy) is 1. The predicted molar refractivity (Wildman–Crippen MR) is 91.2 cm³/mol. The summed E-state index contributed by atoms with van der Waals surface area (Å²) in [6.07, 6.45) is 5.85. The highest BCUT2D eigenvalue weighted by atomic mass is 16.5. The van der Waals surface area contributed by atoms with Crippen LogP contribution < -0.4 is 11.1 Å². The van der Waals surface area contributed by atoms with Crippen LogP contribution in [0.3, 0.4) is 0 Å². The molecule has 0 saturated carbocycles. The molecule has 2 heterocycles. The van der Waals surface area contributed by atoms with Gasteiger partial charge < -0.3 is 20.4 Å². The number of benzene rings is 1. The van der Waals surface area contributed by atoms with Crippen LogP contribution in [0.4, 0.5) is 0 Å². The van der Waals surface area contributed by atoms with Gasteiger partial charge in [0.2, 0.25) is 5.91 Å². The van der Waals surface area contributed by atoms with E-state index in [2.05, 4.69) is 27.0 Å². The van der Waals surface area contributed by atoms with E-state index in [1.165, 1.54) is 5.56 Å². The zero-order valence-electron chi connectivity index (χ0n) is 13.7. The van der Waals surface area contributed by atoms with Crippen molar-refractivity contribution in [2.24, 2.45) is 5.73 Å². The van der Waals surface area contributed by atoms with Gasteiger partial charge in [-0.1, -0.05) is 30.3 Å². The minimum atomic E-state index is -0.383. The number of hydrogen-bond acceptors (Lipinski definition) is 4. The van der Waals surface area contributed by atoms with Crippen molar-refractivity contribution in [2.45, 2.75) is 44.6 Å². The lowest BCUT2D eigenvalue weighted by Crippen LogP contribution is -2.35. The number of nitrogens with two attached hydrogens (primary N) is 1.